The Hall–Kier alpha value is -1.82. The number of carbonyl (C=O) groups excluding carboxylic acids is 1. The number of aryl methyl sites for hydroxylation is 1. The zero-order chi connectivity index (χ0) is 14.3. The van der Waals surface area contributed by atoms with Gasteiger partial charge in [-0.05, 0) is 36.0 Å². The van der Waals surface area contributed by atoms with Crippen molar-refractivity contribution < 1.29 is 4.79 Å². The second kappa shape index (κ2) is 7.58. The van der Waals surface area contributed by atoms with Crippen molar-refractivity contribution in [1.82, 2.24) is 5.32 Å². The van der Waals surface area contributed by atoms with Crippen molar-refractivity contribution in [3.8, 4) is 6.07 Å². The molecule has 1 amide bonds. The first kappa shape index (κ1) is 15.2. The van der Waals surface area contributed by atoms with Crippen LogP contribution < -0.4 is 5.32 Å². The summed E-state index contributed by atoms with van der Waals surface area (Å²) >= 11 is 0. The lowest BCUT2D eigenvalue weighted by Crippen LogP contribution is -2.25. The first-order chi connectivity index (χ1) is 9.04. The van der Waals surface area contributed by atoms with Gasteiger partial charge in [0.05, 0.1) is 6.07 Å². The summed E-state index contributed by atoms with van der Waals surface area (Å²) in [5.41, 5.74) is 3.87. The molecule has 0 aliphatic rings. The van der Waals surface area contributed by atoms with Crippen LogP contribution in [0.4, 0.5) is 0 Å². The average Bonchev–Trinajstić information content (AvgIpc) is 2.38. The molecule has 0 atom stereocenters. The van der Waals surface area contributed by atoms with E-state index in [1.807, 2.05) is 6.07 Å². The summed E-state index contributed by atoms with van der Waals surface area (Å²) in [5.74, 6) is 0.476. The predicted octanol–water partition coefficient (Wildman–Crippen LogP) is 3.08. The van der Waals surface area contributed by atoms with Crippen LogP contribution in [0, 0.1) is 18.3 Å². The van der Waals surface area contributed by atoms with Gasteiger partial charge in [0.2, 0.25) is 5.91 Å². The molecule has 1 rings (SSSR count). The number of nitrogens with one attached hydrogen (secondary N) is 1. The van der Waals surface area contributed by atoms with E-state index < -0.39 is 0 Å². The molecule has 0 spiro atoms. The maximum Gasteiger partial charge on any atom is 0.221 e. The number of benzene rings is 1. The highest BCUT2D eigenvalue weighted by Gasteiger charge is 2.05. The third kappa shape index (κ3) is 5.13. The number of amides is 1. The molecule has 0 aromatic heterocycles. The molecule has 0 radical (unpaired) electrons. The van der Waals surface area contributed by atoms with Gasteiger partial charge in [-0.3, -0.25) is 4.79 Å². The quantitative estimate of drug-likeness (QED) is 0.852. The van der Waals surface area contributed by atoms with E-state index in [0.29, 0.717) is 18.9 Å². The van der Waals surface area contributed by atoms with Crippen LogP contribution in [0.2, 0.25) is 0 Å². The minimum absolute atomic E-state index is 0.0424. The Kier molecular flexibility index (Phi) is 6.08. The zero-order valence-electron chi connectivity index (χ0n) is 12.0. The number of nitrogens with zero attached hydrogens (tertiary/aromatic N) is 1. The second-order valence-corrected chi connectivity index (χ2v) is 5.10. The van der Waals surface area contributed by atoms with E-state index >= 15 is 0 Å². The summed E-state index contributed by atoms with van der Waals surface area (Å²) in [7, 11) is 0. The second-order valence-electron chi connectivity index (χ2n) is 5.10. The topological polar surface area (TPSA) is 52.9 Å². The molecule has 0 heterocycles. The summed E-state index contributed by atoms with van der Waals surface area (Å²) in [5, 5.41) is 11.3. The van der Waals surface area contributed by atoms with E-state index in [2.05, 4.69) is 44.3 Å². The Bertz CT molecular complexity index is 472. The number of hydrogen-bond donors (Lipinski definition) is 1. The van der Waals surface area contributed by atoms with Gasteiger partial charge in [-0.25, -0.2) is 0 Å². The van der Waals surface area contributed by atoms with Crippen LogP contribution in [0.1, 0.15) is 49.3 Å². The van der Waals surface area contributed by atoms with E-state index in [-0.39, 0.29) is 12.3 Å². The molecule has 0 aliphatic heterocycles. The van der Waals surface area contributed by atoms with Crippen LogP contribution in [0.5, 0.6) is 0 Å². The molecule has 1 aromatic rings. The summed E-state index contributed by atoms with van der Waals surface area (Å²) in [6.45, 7) is 7.08. The van der Waals surface area contributed by atoms with E-state index in [1.54, 1.807) is 0 Å². The van der Waals surface area contributed by atoms with Gasteiger partial charge < -0.3 is 5.32 Å². The summed E-state index contributed by atoms with van der Waals surface area (Å²) in [6.07, 6.45) is 1.42. The molecule has 3 heteroatoms. The van der Waals surface area contributed by atoms with Gasteiger partial charge in [-0.2, -0.15) is 5.26 Å². The smallest absolute Gasteiger partial charge is 0.221 e. The van der Waals surface area contributed by atoms with E-state index in [9.17, 15) is 4.79 Å². The molecular formula is C16H22N2O. The van der Waals surface area contributed by atoms with Gasteiger partial charge >= 0.3 is 0 Å². The van der Waals surface area contributed by atoms with Gasteiger partial charge in [0.1, 0.15) is 0 Å². The first-order valence-electron chi connectivity index (χ1n) is 6.77. The van der Waals surface area contributed by atoms with Crippen LogP contribution in [0.25, 0.3) is 0 Å². The molecule has 1 N–H and O–H groups in total. The molecule has 0 unspecified atom stereocenters. The fraction of sp³-hybridized carbons (Fsp3) is 0.500. The SMILES string of the molecule is Cc1ccc(C(C)C)cc1CCNC(=O)CCC#N. The molecular weight excluding hydrogens is 236 g/mol. The molecule has 0 bridgehead atoms. The van der Waals surface area contributed by atoms with Gasteiger partial charge in [0.25, 0.3) is 0 Å². The lowest BCUT2D eigenvalue weighted by atomic mass is 9.96. The number of hydrogen-bond acceptors (Lipinski definition) is 2. The Morgan fingerprint density at radius 1 is 1.42 bits per heavy atom. The van der Waals surface area contributed by atoms with Crippen LogP contribution in [-0.4, -0.2) is 12.5 Å². The monoisotopic (exact) mass is 258 g/mol. The standard InChI is InChI=1S/C16H22N2O/c1-12(2)14-7-6-13(3)15(11-14)8-10-18-16(19)5-4-9-17/h6-7,11-12H,4-5,8,10H2,1-3H3,(H,18,19). The highest BCUT2D eigenvalue weighted by atomic mass is 16.1. The van der Waals surface area contributed by atoms with Gasteiger partial charge in [-0.15, -0.1) is 0 Å². The molecule has 0 fully saturated rings. The Morgan fingerprint density at radius 2 is 2.16 bits per heavy atom. The fourth-order valence-electron chi connectivity index (χ4n) is 1.91. The third-order valence-electron chi connectivity index (χ3n) is 3.22. The average molecular weight is 258 g/mol. The minimum Gasteiger partial charge on any atom is -0.356 e. The lowest BCUT2D eigenvalue weighted by Gasteiger charge is -2.11. The predicted molar refractivity (Wildman–Crippen MR) is 76.8 cm³/mol. The Balaban J connectivity index is 2.51. The van der Waals surface area contributed by atoms with Crippen molar-refractivity contribution in [3.05, 3.63) is 34.9 Å². The fourth-order valence-corrected chi connectivity index (χ4v) is 1.91. The van der Waals surface area contributed by atoms with Gasteiger partial charge in [0, 0.05) is 19.4 Å². The summed E-state index contributed by atoms with van der Waals surface area (Å²) in [6, 6.07) is 8.50. The molecule has 0 saturated carbocycles. The van der Waals surface area contributed by atoms with E-state index in [0.717, 1.165) is 6.42 Å². The van der Waals surface area contributed by atoms with Crippen LogP contribution in [0.3, 0.4) is 0 Å². The van der Waals surface area contributed by atoms with Gasteiger partial charge in [0.15, 0.2) is 0 Å². The van der Waals surface area contributed by atoms with Crippen LogP contribution in [-0.2, 0) is 11.2 Å². The highest BCUT2D eigenvalue weighted by molar-refractivity contribution is 5.76. The minimum atomic E-state index is -0.0424. The van der Waals surface area contributed by atoms with Crippen molar-refractivity contribution in [1.29, 1.82) is 5.26 Å². The van der Waals surface area contributed by atoms with Gasteiger partial charge in [-0.1, -0.05) is 32.0 Å². The van der Waals surface area contributed by atoms with E-state index in [1.165, 1.54) is 16.7 Å². The third-order valence-corrected chi connectivity index (χ3v) is 3.22. The molecule has 19 heavy (non-hydrogen) atoms. The number of rotatable bonds is 6. The highest BCUT2D eigenvalue weighted by Crippen LogP contribution is 2.18. The number of carbonyl (C=O) groups is 1. The van der Waals surface area contributed by atoms with E-state index in [4.69, 9.17) is 5.26 Å². The van der Waals surface area contributed by atoms with Crippen molar-refractivity contribution >= 4 is 5.91 Å². The van der Waals surface area contributed by atoms with Crippen molar-refractivity contribution in [2.45, 2.75) is 46.0 Å². The maximum atomic E-state index is 11.4. The first-order valence-corrected chi connectivity index (χ1v) is 6.77. The molecule has 0 aliphatic carbocycles. The molecule has 0 saturated heterocycles. The Morgan fingerprint density at radius 3 is 2.79 bits per heavy atom. The summed E-state index contributed by atoms with van der Waals surface area (Å²) < 4.78 is 0. The zero-order valence-corrected chi connectivity index (χ0v) is 12.0. The lowest BCUT2D eigenvalue weighted by molar-refractivity contribution is -0.120. The van der Waals surface area contributed by atoms with Crippen molar-refractivity contribution in [2.75, 3.05) is 6.54 Å². The maximum absolute atomic E-state index is 11.4. The van der Waals surface area contributed by atoms with Crippen molar-refractivity contribution in [2.24, 2.45) is 0 Å². The van der Waals surface area contributed by atoms with Crippen LogP contribution >= 0.6 is 0 Å². The summed E-state index contributed by atoms with van der Waals surface area (Å²) in [4.78, 5) is 11.4. The molecule has 1 aromatic carbocycles. The van der Waals surface area contributed by atoms with Crippen molar-refractivity contribution in [3.63, 3.8) is 0 Å². The largest absolute Gasteiger partial charge is 0.356 e. The van der Waals surface area contributed by atoms with Crippen LogP contribution in [0.15, 0.2) is 18.2 Å². The molecule has 102 valence electrons. The number of nitriles is 1. The molecule has 3 nitrogen and oxygen atoms in total. The normalized spacial score (nSPS) is 10.3. The Labute approximate surface area is 115 Å².